The zero-order chi connectivity index (χ0) is 40.6. The zero-order valence-electron chi connectivity index (χ0n) is 35.9. The van der Waals surface area contributed by atoms with E-state index in [2.05, 4.69) is 124 Å². The number of hydrogen-bond donors (Lipinski definition) is 0. The van der Waals surface area contributed by atoms with Crippen LogP contribution < -0.4 is 14.4 Å². The van der Waals surface area contributed by atoms with Gasteiger partial charge < -0.3 is 19.3 Å². The highest BCUT2D eigenvalue weighted by Gasteiger charge is 2.14. The summed E-state index contributed by atoms with van der Waals surface area (Å²) in [6, 6.07) is 33.5. The number of rotatable bonds is 2. The molecule has 0 unspecified atom stereocenters. The zero-order valence-corrected chi connectivity index (χ0v) is 35.9. The van der Waals surface area contributed by atoms with E-state index in [0.717, 1.165) is 30.5 Å². The van der Waals surface area contributed by atoms with Gasteiger partial charge >= 0.3 is 0 Å². The topological polar surface area (TPSA) is 24.9 Å². The molecule has 1 saturated carbocycles. The largest absolute Gasteiger partial charge is 0.454 e. The lowest BCUT2D eigenvalue weighted by molar-refractivity contribution is 0.174. The molecule has 0 amide bonds. The van der Waals surface area contributed by atoms with Gasteiger partial charge in [-0.3, -0.25) is 0 Å². The summed E-state index contributed by atoms with van der Waals surface area (Å²) in [5, 5.41) is 0. The lowest BCUT2D eigenvalue weighted by Crippen LogP contribution is -2.44. The molecule has 4 nitrogen and oxygen atoms in total. The van der Waals surface area contributed by atoms with Crippen LogP contribution in [0, 0.1) is 46.0 Å². The smallest absolute Gasteiger partial charge is 0.231 e. The van der Waals surface area contributed by atoms with Gasteiger partial charge in [-0.15, -0.1) is 12.3 Å². The van der Waals surface area contributed by atoms with Gasteiger partial charge in [0, 0.05) is 31.9 Å². The predicted molar refractivity (Wildman–Crippen MR) is 240 cm³/mol. The highest BCUT2D eigenvalue weighted by molar-refractivity contribution is 5.48. The number of piperazine rings is 1. The van der Waals surface area contributed by atoms with E-state index < -0.39 is 0 Å². The number of likely N-dealkylation sites (N-methyl/N-ethyl adjacent to an activating group) is 1. The van der Waals surface area contributed by atoms with Gasteiger partial charge in [0.05, 0.1) is 0 Å². The van der Waals surface area contributed by atoms with Gasteiger partial charge in [0.2, 0.25) is 6.79 Å². The van der Waals surface area contributed by atoms with Crippen molar-refractivity contribution in [3.63, 3.8) is 0 Å². The maximum atomic E-state index is 5.16. The Bertz CT molecular complexity index is 1530. The molecule has 0 N–H and O–H groups in total. The van der Waals surface area contributed by atoms with Crippen molar-refractivity contribution >= 4 is 11.8 Å². The standard InChI is InChI=1S/C12H18N2.C9H10.C8H8O2.C8H10.2C4H8.C3H4.C2H6/c1-11-3-5-12(6-4-11)14-9-7-13(2)8-10-14;1-2-6-9-7-4-3-5-8-9;1-6-2-3-7-8(4-6)10-5-9-7;1-7-3-5-8(2)6-4-7;1-4-2-3-4;1-3-4-2;1-3-2;1-2/h3-6H,7-10H2,1-2H3;2-8H,1H3;2-4H,5H2,1H3;3-6H,1-2H3;4H,2-3H2,1H3;3-4H,1-2H3;1H,2H3;1-2H3/b;6-2+;;;;4-3+;;. The Balaban J connectivity index is 0.000000635. The van der Waals surface area contributed by atoms with Crippen molar-refractivity contribution in [1.82, 2.24) is 4.90 Å². The van der Waals surface area contributed by atoms with Gasteiger partial charge in [0.1, 0.15) is 0 Å². The van der Waals surface area contributed by atoms with E-state index in [1.54, 1.807) is 6.92 Å². The number of terminal acetylenes is 1. The molecule has 4 aromatic carbocycles. The Morgan fingerprint density at radius 1 is 0.630 bits per heavy atom. The average molecular weight is 733 g/mol. The molecule has 2 aliphatic heterocycles. The van der Waals surface area contributed by atoms with Gasteiger partial charge in [-0.1, -0.05) is 147 Å². The highest BCUT2D eigenvalue weighted by atomic mass is 16.7. The number of allylic oxidation sites excluding steroid dienone is 3. The summed E-state index contributed by atoms with van der Waals surface area (Å²) >= 11 is 0. The average Bonchev–Trinajstić information content (AvgIpc) is 3.84. The first-order chi connectivity index (χ1) is 26.1. The molecule has 1 saturated heterocycles. The number of anilines is 1. The second-order valence-electron chi connectivity index (χ2n) is 13.2. The maximum Gasteiger partial charge on any atom is 0.231 e. The van der Waals surface area contributed by atoms with Crippen LogP contribution in [0.1, 0.15) is 89.1 Å². The summed E-state index contributed by atoms with van der Waals surface area (Å²) in [4.78, 5) is 4.84. The van der Waals surface area contributed by atoms with Crippen molar-refractivity contribution in [1.29, 1.82) is 0 Å². The number of fused-ring (bicyclic) bond motifs is 1. The fourth-order valence-electron chi connectivity index (χ4n) is 4.38. The van der Waals surface area contributed by atoms with Crippen LogP contribution in [-0.4, -0.2) is 44.9 Å². The number of benzene rings is 4. The maximum absolute atomic E-state index is 5.16. The molecule has 0 atom stereocenters. The predicted octanol–water partition coefficient (Wildman–Crippen LogP) is 13.2. The Hall–Kier alpha value is -4.72. The van der Waals surface area contributed by atoms with Gasteiger partial charge in [0.25, 0.3) is 0 Å². The van der Waals surface area contributed by atoms with Gasteiger partial charge in [0.15, 0.2) is 11.5 Å². The fourth-order valence-corrected chi connectivity index (χ4v) is 4.38. The van der Waals surface area contributed by atoms with Crippen LogP contribution in [0.4, 0.5) is 5.69 Å². The van der Waals surface area contributed by atoms with Crippen LogP contribution in [0.15, 0.2) is 115 Å². The lowest BCUT2D eigenvalue weighted by Gasteiger charge is -2.34. The Labute approximate surface area is 331 Å². The molecule has 4 heteroatoms. The summed E-state index contributed by atoms with van der Waals surface area (Å²) in [6.45, 7) is 27.3. The van der Waals surface area contributed by atoms with E-state index in [1.807, 2.05) is 96.2 Å². The number of nitrogens with zero attached hydrogens (tertiary/aromatic N) is 2. The van der Waals surface area contributed by atoms with Gasteiger partial charge in [-0.2, -0.15) is 0 Å². The quantitative estimate of drug-likeness (QED) is 0.151. The van der Waals surface area contributed by atoms with Crippen molar-refractivity contribution in [2.24, 2.45) is 5.92 Å². The third-order valence-electron chi connectivity index (χ3n) is 8.01. The highest BCUT2D eigenvalue weighted by Crippen LogP contribution is 2.32. The minimum Gasteiger partial charge on any atom is -0.454 e. The molecule has 0 radical (unpaired) electrons. The van der Waals surface area contributed by atoms with Crippen molar-refractivity contribution < 1.29 is 9.47 Å². The second kappa shape index (κ2) is 31.8. The van der Waals surface area contributed by atoms with Gasteiger partial charge in [-0.25, -0.2) is 0 Å². The number of aryl methyl sites for hydroxylation is 4. The van der Waals surface area contributed by atoms with E-state index >= 15 is 0 Å². The second-order valence-corrected chi connectivity index (χ2v) is 13.2. The first-order valence-electron chi connectivity index (χ1n) is 19.6. The van der Waals surface area contributed by atoms with Crippen LogP contribution >= 0.6 is 0 Å². The molecule has 0 bridgehead atoms. The van der Waals surface area contributed by atoms with Crippen LogP contribution in [0.5, 0.6) is 11.5 Å². The Morgan fingerprint density at radius 2 is 1.06 bits per heavy atom. The van der Waals surface area contributed by atoms with Crippen LogP contribution in [0.3, 0.4) is 0 Å². The summed E-state index contributed by atoms with van der Waals surface area (Å²) in [6.07, 6.45) is 15.7. The molecule has 0 spiro atoms. The fraction of sp³-hybridized carbons (Fsp3) is 0.400. The molecule has 0 aromatic heterocycles. The van der Waals surface area contributed by atoms with Crippen molar-refractivity contribution in [3.8, 4) is 23.8 Å². The first kappa shape index (κ1) is 49.3. The molecule has 2 heterocycles. The molecule has 3 aliphatic rings. The summed E-state index contributed by atoms with van der Waals surface area (Å²) < 4.78 is 10.3. The third-order valence-corrected chi connectivity index (χ3v) is 8.01. The van der Waals surface area contributed by atoms with Crippen molar-refractivity contribution in [2.75, 3.05) is 44.9 Å². The summed E-state index contributed by atoms with van der Waals surface area (Å²) in [5.74, 6) is 5.05. The molecule has 1 aliphatic carbocycles. The Morgan fingerprint density at radius 3 is 1.48 bits per heavy atom. The van der Waals surface area contributed by atoms with E-state index in [0.29, 0.717) is 6.79 Å². The summed E-state index contributed by atoms with van der Waals surface area (Å²) in [5.41, 5.74) is 7.82. The third kappa shape index (κ3) is 25.3. The SMILES string of the molecule is C#CC.C/C=C/C.C/C=C/c1ccccc1.CC.CC1CC1.Cc1ccc(C)cc1.Cc1ccc(N2CCN(C)CC2)cc1.Cc1ccc2c(c1)OCO2. The minimum atomic E-state index is 0.360. The number of ether oxygens (including phenoxy) is 2. The first-order valence-corrected chi connectivity index (χ1v) is 19.6. The molecule has 54 heavy (non-hydrogen) atoms. The molecule has 2 fully saturated rings. The van der Waals surface area contributed by atoms with Gasteiger partial charge in [-0.05, 0) is 104 Å². The molecule has 4 aromatic rings. The Kier molecular flexibility index (Phi) is 29.0. The van der Waals surface area contributed by atoms with Crippen LogP contribution in [-0.2, 0) is 0 Å². The van der Waals surface area contributed by atoms with E-state index in [9.17, 15) is 0 Å². The minimum absolute atomic E-state index is 0.360. The molecular formula is C50H72N2O2. The monoisotopic (exact) mass is 733 g/mol. The van der Waals surface area contributed by atoms with Crippen molar-refractivity contribution in [3.05, 3.63) is 143 Å². The van der Waals surface area contributed by atoms with E-state index in [1.165, 1.54) is 59.4 Å². The lowest BCUT2D eigenvalue weighted by atomic mass is 10.2. The van der Waals surface area contributed by atoms with Crippen molar-refractivity contribution in [2.45, 2.75) is 89.0 Å². The van der Waals surface area contributed by atoms with Crippen LogP contribution in [0.2, 0.25) is 0 Å². The summed E-state index contributed by atoms with van der Waals surface area (Å²) in [7, 11) is 2.19. The van der Waals surface area contributed by atoms with Crippen LogP contribution in [0.25, 0.3) is 6.08 Å². The normalized spacial score (nSPS) is 13.4. The van der Waals surface area contributed by atoms with E-state index in [4.69, 9.17) is 9.47 Å². The molecule has 294 valence electrons. The number of hydrogen-bond acceptors (Lipinski definition) is 4. The molecule has 7 rings (SSSR count). The van der Waals surface area contributed by atoms with E-state index in [-0.39, 0.29) is 0 Å². The molecular weight excluding hydrogens is 661 g/mol.